The monoisotopic (exact) mass is 271 g/mol. The van der Waals surface area contributed by atoms with E-state index in [1.165, 1.54) is 7.11 Å². The van der Waals surface area contributed by atoms with E-state index in [2.05, 4.69) is 0 Å². The molecule has 1 amide bonds. The second-order valence-electron chi connectivity index (χ2n) is 5.07. The molecule has 1 saturated heterocycles. The lowest BCUT2D eigenvalue weighted by atomic mass is 9.99. The van der Waals surface area contributed by atoms with E-state index in [4.69, 9.17) is 4.74 Å². The van der Waals surface area contributed by atoms with Gasteiger partial charge in [0.15, 0.2) is 0 Å². The quantitative estimate of drug-likeness (QED) is 0.867. The van der Waals surface area contributed by atoms with Crippen LogP contribution in [0.5, 0.6) is 0 Å². The first-order chi connectivity index (χ1) is 9.70. The van der Waals surface area contributed by atoms with Crippen LogP contribution < -0.4 is 0 Å². The maximum absolute atomic E-state index is 11.8. The minimum Gasteiger partial charge on any atom is -0.453 e. The molecule has 2 aromatic carbocycles. The Morgan fingerprint density at radius 3 is 2.75 bits per heavy atom. The van der Waals surface area contributed by atoms with E-state index in [0.717, 1.165) is 16.3 Å². The summed E-state index contributed by atoms with van der Waals surface area (Å²) in [5, 5.41) is 12.4. The van der Waals surface area contributed by atoms with Gasteiger partial charge in [0.05, 0.1) is 19.3 Å². The van der Waals surface area contributed by atoms with E-state index < -0.39 is 6.10 Å². The second-order valence-corrected chi connectivity index (χ2v) is 5.07. The fourth-order valence-electron chi connectivity index (χ4n) is 2.89. The highest BCUT2D eigenvalue weighted by Gasteiger charge is 2.37. The summed E-state index contributed by atoms with van der Waals surface area (Å²) in [5.74, 6) is 0. The van der Waals surface area contributed by atoms with Gasteiger partial charge in [-0.2, -0.15) is 0 Å². The maximum Gasteiger partial charge on any atom is 0.410 e. The van der Waals surface area contributed by atoms with Crippen molar-refractivity contribution in [1.82, 2.24) is 4.90 Å². The average molecular weight is 271 g/mol. The number of carbonyl (C=O) groups excluding carboxylic acids is 1. The van der Waals surface area contributed by atoms with Gasteiger partial charge in [0.2, 0.25) is 0 Å². The molecule has 20 heavy (non-hydrogen) atoms. The Hall–Kier alpha value is -2.07. The highest BCUT2D eigenvalue weighted by Crippen LogP contribution is 2.34. The van der Waals surface area contributed by atoms with Gasteiger partial charge >= 0.3 is 6.09 Å². The molecule has 1 fully saturated rings. The van der Waals surface area contributed by atoms with Gasteiger partial charge in [-0.3, -0.25) is 4.90 Å². The highest BCUT2D eigenvalue weighted by atomic mass is 16.5. The van der Waals surface area contributed by atoms with Crippen LogP contribution in [0, 0.1) is 0 Å². The van der Waals surface area contributed by atoms with Crippen molar-refractivity contribution >= 4 is 16.9 Å². The molecule has 1 aliphatic rings. The maximum atomic E-state index is 11.8. The molecule has 0 saturated carbocycles. The van der Waals surface area contributed by atoms with Crippen LogP contribution in [0.4, 0.5) is 4.79 Å². The summed E-state index contributed by atoms with van der Waals surface area (Å²) in [7, 11) is 1.37. The number of methoxy groups -OCH3 is 1. The smallest absolute Gasteiger partial charge is 0.410 e. The number of aliphatic hydroxyl groups is 1. The molecule has 3 rings (SSSR count). The van der Waals surface area contributed by atoms with Crippen LogP contribution in [0.1, 0.15) is 18.0 Å². The van der Waals surface area contributed by atoms with Gasteiger partial charge in [-0.25, -0.2) is 4.79 Å². The fourth-order valence-corrected chi connectivity index (χ4v) is 2.89. The number of aliphatic hydroxyl groups excluding tert-OH is 1. The zero-order valence-corrected chi connectivity index (χ0v) is 11.3. The first-order valence-electron chi connectivity index (χ1n) is 6.72. The summed E-state index contributed by atoms with van der Waals surface area (Å²) in [4.78, 5) is 13.4. The molecule has 1 N–H and O–H groups in total. The van der Waals surface area contributed by atoms with Crippen molar-refractivity contribution < 1.29 is 14.6 Å². The van der Waals surface area contributed by atoms with Gasteiger partial charge in [0, 0.05) is 6.54 Å². The number of hydrogen-bond acceptors (Lipinski definition) is 3. The lowest BCUT2D eigenvalue weighted by Gasteiger charge is -2.25. The van der Waals surface area contributed by atoms with Crippen molar-refractivity contribution in [3.63, 3.8) is 0 Å². The number of hydrogen-bond donors (Lipinski definition) is 1. The average Bonchev–Trinajstić information content (AvgIpc) is 2.87. The van der Waals surface area contributed by atoms with E-state index in [1.807, 2.05) is 42.5 Å². The fraction of sp³-hybridized carbons (Fsp3) is 0.312. The number of fused-ring (bicyclic) bond motifs is 1. The molecule has 0 spiro atoms. The van der Waals surface area contributed by atoms with Gasteiger partial charge in [-0.1, -0.05) is 36.4 Å². The summed E-state index contributed by atoms with van der Waals surface area (Å²) in [5.41, 5.74) is 0.944. The minimum atomic E-state index is -0.546. The molecule has 0 aromatic heterocycles. The molecule has 0 aliphatic carbocycles. The van der Waals surface area contributed by atoms with Crippen molar-refractivity contribution in [3.8, 4) is 0 Å². The molecular formula is C16H17NO3. The third kappa shape index (κ3) is 2.12. The molecule has 0 bridgehead atoms. The van der Waals surface area contributed by atoms with Gasteiger partial charge in [0.1, 0.15) is 0 Å². The summed E-state index contributed by atoms with van der Waals surface area (Å²) in [6, 6.07) is 13.7. The first-order valence-corrected chi connectivity index (χ1v) is 6.72. The molecule has 4 heteroatoms. The van der Waals surface area contributed by atoms with Crippen LogP contribution >= 0.6 is 0 Å². The minimum absolute atomic E-state index is 0.327. The molecule has 1 heterocycles. The molecule has 0 radical (unpaired) electrons. The first kappa shape index (κ1) is 12.9. The van der Waals surface area contributed by atoms with Crippen LogP contribution in [0.2, 0.25) is 0 Å². The van der Waals surface area contributed by atoms with Crippen LogP contribution in [0.15, 0.2) is 42.5 Å². The number of benzene rings is 2. The van der Waals surface area contributed by atoms with E-state index in [1.54, 1.807) is 4.90 Å². The van der Waals surface area contributed by atoms with E-state index in [-0.39, 0.29) is 12.1 Å². The summed E-state index contributed by atoms with van der Waals surface area (Å²) in [6.45, 7) is 0.519. The Bertz CT molecular complexity index is 640. The predicted molar refractivity (Wildman–Crippen MR) is 76.4 cm³/mol. The molecule has 2 atom stereocenters. The van der Waals surface area contributed by atoms with Crippen LogP contribution in [0.3, 0.4) is 0 Å². The van der Waals surface area contributed by atoms with Gasteiger partial charge in [0.25, 0.3) is 0 Å². The van der Waals surface area contributed by atoms with Gasteiger partial charge in [-0.15, -0.1) is 0 Å². The lowest BCUT2D eigenvalue weighted by molar-refractivity contribution is 0.0888. The Labute approximate surface area is 117 Å². The van der Waals surface area contributed by atoms with Crippen molar-refractivity contribution in [3.05, 3.63) is 48.0 Å². The van der Waals surface area contributed by atoms with E-state index >= 15 is 0 Å². The van der Waals surface area contributed by atoms with Crippen molar-refractivity contribution in [1.29, 1.82) is 0 Å². The predicted octanol–water partition coefficient (Wildman–Crippen LogP) is 2.71. The summed E-state index contributed by atoms with van der Waals surface area (Å²) < 4.78 is 4.80. The second kappa shape index (κ2) is 5.13. The zero-order chi connectivity index (χ0) is 14.1. The Morgan fingerprint density at radius 1 is 1.25 bits per heavy atom. The van der Waals surface area contributed by atoms with E-state index in [0.29, 0.717) is 13.0 Å². The SMILES string of the molecule is COC(=O)N1CC[C@H](O)[C@@H]1c1ccc2ccccc2c1. The topological polar surface area (TPSA) is 49.8 Å². The molecule has 104 valence electrons. The third-order valence-corrected chi connectivity index (χ3v) is 3.89. The molecule has 1 aliphatic heterocycles. The number of ether oxygens (including phenoxy) is 1. The number of likely N-dealkylation sites (tertiary alicyclic amines) is 1. The normalized spacial score (nSPS) is 22.2. The summed E-state index contributed by atoms with van der Waals surface area (Å²) in [6.07, 6.45) is -0.359. The third-order valence-electron chi connectivity index (χ3n) is 3.89. The largest absolute Gasteiger partial charge is 0.453 e. The Morgan fingerprint density at radius 2 is 2.00 bits per heavy atom. The van der Waals surface area contributed by atoms with Crippen molar-refractivity contribution in [2.75, 3.05) is 13.7 Å². The standard InChI is InChI=1S/C16H17NO3/c1-20-16(19)17-9-8-14(18)15(17)13-7-6-11-4-2-3-5-12(11)10-13/h2-7,10,14-15,18H,8-9H2,1H3/t14-,15-/m0/s1. The number of nitrogens with zero attached hydrogens (tertiary/aromatic N) is 1. The Kier molecular flexibility index (Phi) is 3.32. The molecule has 2 aromatic rings. The van der Waals surface area contributed by atoms with Gasteiger partial charge < -0.3 is 9.84 Å². The molecule has 4 nitrogen and oxygen atoms in total. The van der Waals surface area contributed by atoms with E-state index in [9.17, 15) is 9.90 Å². The lowest BCUT2D eigenvalue weighted by Crippen LogP contribution is -2.33. The van der Waals surface area contributed by atoms with Crippen LogP contribution in [0.25, 0.3) is 10.8 Å². The highest BCUT2D eigenvalue weighted by molar-refractivity contribution is 5.83. The molecular weight excluding hydrogens is 254 g/mol. The number of rotatable bonds is 1. The molecule has 0 unspecified atom stereocenters. The van der Waals surface area contributed by atoms with Crippen LogP contribution in [-0.4, -0.2) is 35.9 Å². The van der Waals surface area contributed by atoms with Crippen molar-refractivity contribution in [2.24, 2.45) is 0 Å². The number of amides is 1. The van der Waals surface area contributed by atoms with Crippen molar-refractivity contribution in [2.45, 2.75) is 18.6 Å². The zero-order valence-electron chi connectivity index (χ0n) is 11.3. The summed E-state index contributed by atoms with van der Waals surface area (Å²) >= 11 is 0. The number of carbonyl (C=O) groups is 1. The van der Waals surface area contributed by atoms with Gasteiger partial charge in [-0.05, 0) is 28.8 Å². The Balaban J connectivity index is 2.01. The van der Waals surface area contributed by atoms with Crippen LogP contribution in [-0.2, 0) is 4.74 Å².